The van der Waals surface area contributed by atoms with Crippen LogP contribution < -0.4 is 5.32 Å². The molecule has 19 heavy (non-hydrogen) atoms. The number of nitrogens with one attached hydrogen (secondary N) is 1. The third-order valence-electron chi connectivity index (χ3n) is 3.50. The van der Waals surface area contributed by atoms with Crippen molar-refractivity contribution in [3.8, 4) is 6.07 Å². The van der Waals surface area contributed by atoms with Crippen LogP contribution in [0.4, 0.5) is 18.9 Å². The maximum absolute atomic E-state index is 12.4. The fraction of sp³-hybridized carbons (Fsp3) is 0.500. The third-order valence-corrected chi connectivity index (χ3v) is 3.50. The van der Waals surface area contributed by atoms with E-state index < -0.39 is 11.7 Å². The Bertz CT molecular complexity index is 459. The number of hydrogen-bond donors (Lipinski definition) is 1. The minimum Gasteiger partial charge on any atom is -0.381 e. The highest BCUT2D eigenvalue weighted by atomic mass is 19.4. The molecule has 1 aliphatic carbocycles. The van der Waals surface area contributed by atoms with Gasteiger partial charge in [0.1, 0.15) is 0 Å². The molecule has 1 saturated carbocycles. The first-order valence-electron chi connectivity index (χ1n) is 6.34. The second kappa shape index (κ2) is 5.52. The number of halogens is 3. The molecule has 2 nitrogen and oxygen atoms in total. The van der Waals surface area contributed by atoms with Gasteiger partial charge < -0.3 is 5.32 Å². The van der Waals surface area contributed by atoms with Gasteiger partial charge in [-0.1, -0.05) is 12.8 Å². The van der Waals surface area contributed by atoms with Gasteiger partial charge in [0.05, 0.1) is 17.6 Å². The molecule has 2 atom stereocenters. The molecule has 0 aromatic heterocycles. The van der Waals surface area contributed by atoms with Crippen molar-refractivity contribution in [2.24, 2.45) is 5.92 Å². The number of alkyl halides is 3. The zero-order chi connectivity index (χ0) is 13.9. The minimum absolute atomic E-state index is 0.0375. The quantitative estimate of drug-likeness (QED) is 0.872. The standard InChI is InChI=1S/C14H15F3N2/c15-14(16,17)11-5-7-12(8-6-11)19-13-4-2-1-3-10(13)9-18/h5-8,10,13,19H,1-4H2. The number of nitrogens with zero attached hydrogens (tertiary/aromatic N) is 1. The highest BCUT2D eigenvalue weighted by Crippen LogP contribution is 2.31. The first-order chi connectivity index (χ1) is 9.00. The summed E-state index contributed by atoms with van der Waals surface area (Å²) in [5, 5.41) is 12.2. The fourth-order valence-corrected chi connectivity index (χ4v) is 2.43. The average Bonchev–Trinajstić information content (AvgIpc) is 2.39. The van der Waals surface area contributed by atoms with Crippen LogP contribution in [0.15, 0.2) is 24.3 Å². The molecule has 0 saturated heterocycles. The van der Waals surface area contributed by atoms with Gasteiger partial charge in [-0.2, -0.15) is 18.4 Å². The summed E-state index contributed by atoms with van der Waals surface area (Å²) in [4.78, 5) is 0. The Morgan fingerprint density at radius 1 is 1.11 bits per heavy atom. The van der Waals surface area contributed by atoms with Crippen LogP contribution in [0.25, 0.3) is 0 Å². The van der Waals surface area contributed by atoms with E-state index in [1.807, 2.05) is 0 Å². The van der Waals surface area contributed by atoms with Gasteiger partial charge >= 0.3 is 6.18 Å². The SMILES string of the molecule is N#CC1CCCCC1Nc1ccc(C(F)(F)F)cc1. The van der Waals surface area contributed by atoms with Gasteiger partial charge in [0, 0.05) is 11.7 Å². The van der Waals surface area contributed by atoms with E-state index in [4.69, 9.17) is 5.26 Å². The Kier molecular flexibility index (Phi) is 3.98. The number of hydrogen-bond acceptors (Lipinski definition) is 2. The van der Waals surface area contributed by atoms with Crippen molar-refractivity contribution in [2.45, 2.75) is 37.9 Å². The molecule has 0 amide bonds. The van der Waals surface area contributed by atoms with Gasteiger partial charge in [-0.3, -0.25) is 0 Å². The van der Waals surface area contributed by atoms with E-state index in [0.717, 1.165) is 37.8 Å². The van der Waals surface area contributed by atoms with Crippen molar-refractivity contribution in [1.82, 2.24) is 0 Å². The minimum atomic E-state index is -4.31. The van der Waals surface area contributed by atoms with Crippen LogP contribution in [0.2, 0.25) is 0 Å². The first-order valence-corrected chi connectivity index (χ1v) is 6.34. The summed E-state index contributed by atoms with van der Waals surface area (Å²) in [5.41, 5.74) is -0.0151. The second-order valence-electron chi connectivity index (χ2n) is 4.85. The lowest BCUT2D eigenvalue weighted by molar-refractivity contribution is -0.137. The molecule has 0 radical (unpaired) electrons. The van der Waals surface area contributed by atoms with Crippen LogP contribution in [0.5, 0.6) is 0 Å². The van der Waals surface area contributed by atoms with Gasteiger partial charge in [-0.15, -0.1) is 0 Å². The normalized spacial score (nSPS) is 23.7. The highest BCUT2D eigenvalue weighted by Gasteiger charge is 2.30. The highest BCUT2D eigenvalue weighted by molar-refractivity contribution is 5.46. The van der Waals surface area contributed by atoms with Crippen molar-refractivity contribution in [3.05, 3.63) is 29.8 Å². The first kappa shape index (κ1) is 13.7. The van der Waals surface area contributed by atoms with E-state index in [1.54, 1.807) is 0 Å². The molecule has 2 unspecified atom stereocenters. The van der Waals surface area contributed by atoms with Crippen LogP contribution >= 0.6 is 0 Å². The van der Waals surface area contributed by atoms with Crippen molar-refractivity contribution in [2.75, 3.05) is 5.32 Å². The lowest BCUT2D eigenvalue weighted by Gasteiger charge is -2.28. The summed E-state index contributed by atoms with van der Waals surface area (Å²) in [6, 6.07) is 7.27. The molecular weight excluding hydrogens is 253 g/mol. The molecular formula is C14H15F3N2. The Hall–Kier alpha value is -1.70. The van der Waals surface area contributed by atoms with E-state index in [9.17, 15) is 13.2 Å². The van der Waals surface area contributed by atoms with E-state index in [-0.39, 0.29) is 12.0 Å². The lowest BCUT2D eigenvalue weighted by Crippen LogP contribution is -2.31. The topological polar surface area (TPSA) is 35.8 Å². The van der Waals surface area contributed by atoms with Crippen LogP contribution in [-0.2, 0) is 6.18 Å². The predicted octanol–water partition coefficient (Wildman–Crippen LogP) is 4.20. The summed E-state index contributed by atoms with van der Waals surface area (Å²) >= 11 is 0. The van der Waals surface area contributed by atoms with Crippen molar-refractivity contribution >= 4 is 5.69 Å². The van der Waals surface area contributed by atoms with E-state index >= 15 is 0 Å². The molecule has 1 aromatic carbocycles. The molecule has 102 valence electrons. The number of anilines is 1. The van der Waals surface area contributed by atoms with Crippen molar-refractivity contribution < 1.29 is 13.2 Å². The van der Waals surface area contributed by atoms with Crippen molar-refractivity contribution in [3.63, 3.8) is 0 Å². The number of nitriles is 1. The Morgan fingerprint density at radius 3 is 2.32 bits per heavy atom. The predicted molar refractivity (Wildman–Crippen MR) is 66.4 cm³/mol. The molecule has 1 N–H and O–H groups in total. The van der Waals surface area contributed by atoms with Crippen LogP contribution in [0.1, 0.15) is 31.2 Å². The monoisotopic (exact) mass is 268 g/mol. The second-order valence-corrected chi connectivity index (χ2v) is 4.85. The van der Waals surface area contributed by atoms with Crippen molar-refractivity contribution in [1.29, 1.82) is 5.26 Å². The zero-order valence-corrected chi connectivity index (χ0v) is 10.4. The average molecular weight is 268 g/mol. The van der Waals surface area contributed by atoms with E-state index in [1.165, 1.54) is 12.1 Å². The number of rotatable bonds is 2. The smallest absolute Gasteiger partial charge is 0.381 e. The maximum atomic E-state index is 12.4. The van der Waals surface area contributed by atoms with Gasteiger partial charge in [0.15, 0.2) is 0 Å². The Morgan fingerprint density at radius 2 is 1.74 bits per heavy atom. The summed E-state index contributed by atoms with van der Waals surface area (Å²) in [7, 11) is 0. The number of benzene rings is 1. The summed E-state index contributed by atoms with van der Waals surface area (Å²) in [6.07, 6.45) is -0.466. The Balaban J connectivity index is 2.05. The summed E-state index contributed by atoms with van der Waals surface area (Å²) in [6.45, 7) is 0. The molecule has 0 bridgehead atoms. The largest absolute Gasteiger partial charge is 0.416 e. The lowest BCUT2D eigenvalue weighted by atomic mass is 9.85. The Labute approximate surface area is 110 Å². The van der Waals surface area contributed by atoms with Crippen LogP contribution in [0, 0.1) is 17.2 Å². The third kappa shape index (κ3) is 3.40. The van der Waals surface area contributed by atoms with Crippen LogP contribution in [0.3, 0.4) is 0 Å². The molecule has 1 fully saturated rings. The van der Waals surface area contributed by atoms with E-state index in [0.29, 0.717) is 5.69 Å². The summed E-state index contributed by atoms with van der Waals surface area (Å²) in [5.74, 6) is -0.0592. The van der Waals surface area contributed by atoms with Gasteiger partial charge in [0.25, 0.3) is 0 Å². The van der Waals surface area contributed by atoms with Gasteiger partial charge in [0.2, 0.25) is 0 Å². The van der Waals surface area contributed by atoms with Gasteiger partial charge in [-0.25, -0.2) is 0 Å². The van der Waals surface area contributed by atoms with Crippen LogP contribution in [-0.4, -0.2) is 6.04 Å². The molecule has 1 aromatic rings. The molecule has 0 spiro atoms. The summed E-state index contributed by atoms with van der Waals surface area (Å²) < 4.78 is 37.3. The molecule has 0 heterocycles. The van der Waals surface area contributed by atoms with Gasteiger partial charge in [-0.05, 0) is 37.1 Å². The molecule has 5 heteroatoms. The van der Waals surface area contributed by atoms with E-state index in [2.05, 4.69) is 11.4 Å². The molecule has 2 rings (SSSR count). The molecule has 1 aliphatic rings. The molecule has 0 aliphatic heterocycles. The zero-order valence-electron chi connectivity index (χ0n) is 10.4. The maximum Gasteiger partial charge on any atom is 0.416 e. The fourth-order valence-electron chi connectivity index (χ4n) is 2.43.